The van der Waals surface area contributed by atoms with Crippen molar-refractivity contribution in [2.45, 2.75) is 19.3 Å². The highest BCUT2D eigenvalue weighted by atomic mass is 35.5. The summed E-state index contributed by atoms with van der Waals surface area (Å²) in [4.78, 5) is 0. The Bertz CT molecular complexity index is 311. The van der Waals surface area contributed by atoms with Crippen LogP contribution >= 0.6 is 12.4 Å². The van der Waals surface area contributed by atoms with Crippen molar-refractivity contribution in [2.24, 2.45) is 5.92 Å². The number of rotatable bonds is 3. The molecule has 0 amide bonds. The van der Waals surface area contributed by atoms with Gasteiger partial charge in [-0.3, -0.25) is 0 Å². The number of ether oxygens (including phenoxy) is 1. The van der Waals surface area contributed by atoms with Crippen molar-refractivity contribution in [1.29, 1.82) is 0 Å². The molecule has 0 spiro atoms. The van der Waals surface area contributed by atoms with E-state index < -0.39 is 0 Å². The summed E-state index contributed by atoms with van der Waals surface area (Å²) in [7, 11) is 1.73. The highest BCUT2D eigenvalue weighted by Gasteiger charge is 2.13. The molecule has 2 nitrogen and oxygen atoms in total. The van der Waals surface area contributed by atoms with Gasteiger partial charge in [-0.15, -0.1) is 12.4 Å². The number of nitrogens with one attached hydrogen (secondary N) is 1. The third-order valence-electron chi connectivity index (χ3n) is 3.12. The van der Waals surface area contributed by atoms with Gasteiger partial charge in [0.2, 0.25) is 0 Å². The molecular formula is C13H20ClNO. The lowest BCUT2D eigenvalue weighted by Crippen LogP contribution is -2.28. The minimum absolute atomic E-state index is 0. The van der Waals surface area contributed by atoms with Crippen molar-refractivity contribution in [2.75, 3.05) is 20.2 Å². The lowest BCUT2D eigenvalue weighted by Gasteiger charge is -2.22. The van der Waals surface area contributed by atoms with E-state index in [-0.39, 0.29) is 12.4 Å². The highest BCUT2D eigenvalue weighted by molar-refractivity contribution is 5.85. The molecule has 16 heavy (non-hydrogen) atoms. The zero-order chi connectivity index (χ0) is 10.5. The summed E-state index contributed by atoms with van der Waals surface area (Å²) in [6, 6.07) is 8.44. The molecule has 0 bridgehead atoms. The average molecular weight is 242 g/mol. The third kappa shape index (κ3) is 3.69. The van der Waals surface area contributed by atoms with Gasteiger partial charge in [0.05, 0.1) is 7.11 Å². The number of halogens is 1. The Kier molecular flexibility index (Phi) is 5.64. The van der Waals surface area contributed by atoms with E-state index in [1.54, 1.807) is 7.11 Å². The van der Waals surface area contributed by atoms with Crippen molar-refractivity contribution < 1.29 is 4.74 Å². The van der Waals surface area contributed by atoms with Crippen molar-refractivity contribution in [3.63, 3.8) is 0 Å². The van der Waals surface area contributed by atoms with E-state index in [1.165, 1.54) is 37.9 Å². The molecule has 1 heterocycles. The van der Waals surface area contributed by atoms with Gasteiger partial charge in [0.1, 0.15) is 5.75 Å². The summed E-state index contributed by atoms with van der Waals surface area (Å²) >= 11 is 0. The lowest BCUT2D eigenvalue weighted by molar-refractivity contribution is 0.371. The summed E-state index contributed by atoms with van der Waals surface area (Å²) in [6.07, 6.45) is 3.80. The molecule has 0 unspecified atom stereocenters. The van der Waals surface area contributed by atoms with Crippen LogP contribution in [0, 0.1) is 5.92 Å². The molecule has 1 aromatic rings. The predicted octanol–water partition coefficient (Wildman–Crippen LogP) is 2.66. The van der Waals surface area contributed by atoms with E-state index >= 15 is 0 Å². The summed E-state index contributed by atoms with van der Waals surface area (Å²) in [5.41, 5.74) is 1.40. The van der Waals surface area contributed by atoms with Crippen LogP contribution in [0.2, 0.25) is 0 Å². The molecule has 1 aliphatic rings. The van der Waals surface area contributed by atoms with Crippen LogP contribution in [0.1, 0.15) is 18.4 Å². The molecule has 0 radical (unpaired) electrons. The first-order valence-corrected chi connectivity index (χ1v) is 5.72. The number of piperidine rings is 1. The normalized spacial score (nSPS) is 16.6. The zero-order valence-corrected chi connectivity index (χ0v) is 10.6. The van der Waals surface area contributed by atoms with Gasteiger partial charge in [-0.05, 0) is 56.0 Å². The van der Waals surface area contributed by atoms with Crippen LogP contribution in [0.4, 0.5) is 0 Å². The standard InChI is InChI=1S/C13H19NO.ClH/c1-15-13-4-2-3-12(10-13)9-11-5-7-14-8-6-11;/h2-4,10-11,14H,5-9H2,1H3;1H. The van der Waals surface area contributed by atoms with Crippen LogP contribution in [0.25, 0.3) is 0 Å². The number of benzene rings is 1. The Morgan fingerprint density at radius 2 is 2.06 bits per heavy atom. The fourth-order valence-corrected chi connectivity index (χ4v) is 2.22. The van der Waals surface area contributed by atoms with Gasteiger partial charge in [0.15, 0.2) is 0 Å². The lowest BCUT2D eigenvalue weighted by atomic mass is 9.91. The molecule has 1 aromatic carbocycles. The van der Waals surface area contributed by atoms with E-state index in [0.29, 0.717) is 0 Å². The van der Waals surface area contributed by atoms with Crippen LogP contribution in [0.5, 0.6) is 5.75 Å². The van der Waals surface area contributed by atoms with Crippen LogP contribution < -0.4 is 10.1 Å². The maximum Gasteiger partial charge on any atom is 0.119 e. The summed E-state index contributed by atoms with van der Waals surface area (Å²) in [5.74, 6) is 1.82. The monoisotopic (exact) mass is 241 g/mol. The molecule has 0 aliphatic carbocycles. The smallest absolute Gasteiger partial charge is 0.119 e. The Balaban J connectivity index is 0.00000128. The quantitative estimate of drug-likeness (QED) is 0.879. The van der Waals surface area contributed by atoms with Crippen molar-refractivity contribution in [1.82, 2.24) is 5.32 Å². The molecule has 1 N–H and O–H groups in total. The fourth-order valence-electron chi connectivity index (χ4n) is 2.22. The number of hydrogen-bond acceptors (Lipinski definition) is 2. The Morgan fingerprint density at radius 1 is 1.31 bits per heavy atom. The number of hydrogen-bond donors (Lipinski definition) is 1. The van der Waals surface area contributed by atoms with E-state index in [0.717, 1.165) is 11.7 Å². The van der Waals surface area contributed by atoms with Crippen LogP contribution in [0.15, 0.2) is 24.3 Å². The number of methoxy groups -OCH3 is 1. The molecule has 1 saturated heterocycles. The molecule has 3 heteroatoms. The first-order chi connectivity index (χ1) is 7.38. The second kappa shape index (κ2) is 6.77. The molecule has 1 fully saturated rings. The van der Waals surface area contributed by atoms with E-state index in [4.69, 9.17) is 4.74 Å². The summed E-state index contributed by atoms with van der Waals surface area (Å²) in [6.45, 7) is 2.35. The second-order valence-electron chi connectivity index (χ2n) is 4.25. The molecule has 0 atom stereocenters. The van der Waals surface area contributed by atoms with Crippen LogP contribution in [-0.2, 0) is 6.42 Å². The predicted molar refractivity (Wildman–Crippen MR) is 69.5 cm³/mol. The topological polar surface area (TPSA) is 21.3 Å². The minimum atomic E-state index is 0. The van der Waals surface area contributed by atoms with Gasteiger partial charge in [-0.2, -0.15) is 0 Å². The molecule has 0 aromatic heterocycles. The molecule has 0 saturated carbocycles. The summed E-state index contributed by atoms with van der Waals surface area (Å²) in [5, 5.41) is 3.40. The largest absolute Gasteiger partial charge is 0.497 e. The molecular weight excluding hydrogens is 222 g/mol. The maximum atomic E-state index is 5.23. The molecule has 1 aliphatic heterocycles. The van der Waals surface area contributed by atoms with Gasteiger partial charge < -0.3 is 10.1 Å². The van der Waals surface area contributed by atoms with Crippen LogP contribution in [-0.4, -0.2) is 20.2 Å². The first-order valence-electron chi connectivity index (χ1n) is 5.72. The average Bonchev–Trinajstić information content (AvgIpc) is 2.31. The van der Waals surface area contributed by atoms with Gasteiger partial charge in [0.25, 0.3) is 0 Å². The minimum Gasteiger partial charge on any atom is -0.497 e. The second-order valence-corrected chi connectivity index (χ2v) is 4.25. The molecule has 90 valence electrons. The molecule has 2 rings (SSSR count). The maximum absolute atomic E-state index is 5.23. The van der Waals surface area contributed by atoms with Crippen molar-refractivity contribution >= 4 is 12.4 Å². The third-order valence-corrected chi connectivity index (χ3v) is 3.12. The zero-order valence-electron chi connectivity index (χ0n) is 9.74. The van der Waals surface area contributed by atoms with E-state index in [1.807, 2.05) is 6.07 Å². The van der Waals surface area contributed by atoms with Crippen LogP contribution in [0.3, 0.4) is 0 Å². The highest BCUT2D eigenvalue weighted by Crippen LogP contribution is 2.20. The van der Waals surface area contributed by atoms with E-state index in [9.17, 15) is 0 Å². The summed E-state index contributed by atoms with van der Waals surface area (Å²) < 4.78 is 5.23. The van der Waals surface area contributed by atoms with Gasteiger partial charge >= 0.3 is 0 Å². The first kappa shape index (κ1) is 13.3. The van der Waals surface area contributed by atoms with Crippen molar-refractivity contribution in [3.8, 4) is 5.75 Å². The Morgan fingerprint density at radius 3 is 2.75 bits per heavy atom. The van der Waals surface area contributed by atoms with E-state index in [2.05, 4.69) is 23.5 Å². The Labute approximate surface area is 104 Å². The van der Waals surface area contributed by atoms with Gasteiger partial charge in [0, 0.05) is 0 Å². The van der Waals surface area contributed by atoms with Gasteiger partial charge in [-0.1, -0.05) is 12.1 Å². The van der Waals surface area contributed by atoms with Gasteiger partial charge in [-0.25, -0.2) is 0 Å². The fraction of sp³-hybridized carbons (Fsp3) is 0.538. The van der Waals surface area contributed by atoms with Crippen molar-refractivity contribution in [3.05, 3.63) is 29.8 Å². The SMILES string of the molecule is COc1cccc(CC2CCNCC2)c1.Cl. The Hall–Kier alpha value is -0.730.